The molecule has 1 aromatic carbocycles. The van der Waals surface area contributed by atoms with Gasteiger partial charge < -0.3 is 10.1 Å². The van der Waals surface area contributed by atoms with Crippen LogP contribution in [-0.2, 0) is 11.2 Å². The van der Waals surface area contributed by atoms with Crippen molar-refractivity contribution in [2.24, 2.45) is 0 Å². The number of rotatable bonds is 7. The molecule has 96 valence electrons. The molecule has 1 N–H and O–H groups in total. The van der Waals surface area contributed by atoms with Gasteiger partial charge in [0.25, 0.3) is 0 Å². The highest BCUT2D eigenvalue weighted by Crippen LogP contribution is 2.22. The lowest BCUT2D eigenvalue weighted by molar-refractivity contribution is 0.138. The molecule has 0 spiro atoms. The van der Waals surface area contributed by atoms with Crippen LogP contribution in [0.5, 0.6) is 0 Å². The minimum Gasteiger partial charge on any atom is -0.380 e. The van der Waals surface area contributed by atoms with Crippen LogP contribution in [0.1, 0.15) is 18.4 Å². The summed E-state index contributed by atoms with van der Waals surface area (Å²) in [6.07, 6.45) is 3.70. The molecule has 2 aromatic rings. The summed E-state index contributed by atoms with van der Waals surface area (Å²) in [4.78, 5) is 0. The van der Waals surface area contributed by atoms with Crippen molar-refractivity contribution in [2.45, 2.75) is 25.3 Å². The van der Waals surface area contributed by atoms with Gasteiger partial charge in [0.15, 0.2) is 0 Å². The minimum atomic E-state index is 0.787. The fourth-order valence-electron chi connectivity index (χ4n) is 2.09. The monoisotopic (exact) mass is 261 g/mol. The van der Waals surface area contributed by atoms with Crippen LogP contribution >= 0.6 is 11.3 Å². The van der Waals surface area contributed by atoms with Crippen molar-refractivity contribution < 1.29 is 4.74 Å². The number of nitrogens with one attached hydrogen (secondary N) is 1. The minimum absolute atomic E-state index is 0.787. The van der Waals surface area contributed by atoms with Crippen molar-refractivity contribution in [3.05, 3.63) is 35.2 Å². The summed E-state index contributed by atoms with van der Waals surface area (Å²) in [6, 6.07) is 9.67. The molecule has 0 bridgehead atoms. The van der Waals surface area contributed by atoms with Gasteiger partial charge in [-0.1, -0.05) is 12.1 Å². The molecule has 0 amide bonds. The summed E-state index contributed by atoms with van der Waals surface area (Å²) in [5, 5.41) is 6.95. The van der Waals surface area contributed by atoms with Gasteiger partial charge in [0.1, 0.15) is 0 Å². The molecular formula is C15H19NOS. The van der Waals surface area contributed by atoms with Crippen molar-refractivity contribution in [1.82, 2.24) is 5.32 Å². The molecule has 1 aromatic heterocycles. The van der Waals surface area contributed by atoms with E-state index < -0.39 is 0 Å². The standard InChI is InChI=1S/C15H19NOS/c1-4-15-13(6-10-18-15)11-12(1)5-8-17-9-7-16-14-2-3-14/h1,4,6,10-11,14,16H,2-3,5,7-9H2. The van der Waals surface area contributed by atoms with E-state index in [-0.39, 0.29) is 0 Å². The third kappa shape index (κ3) is 3.31. The predicted molar refractivity (Wildman–Crippen MR) is 77.4 cm³/mol. The normalized spacial score (nSPS) is 15.3. The van der Waals surface area contributed by atoms with Crippen LogP contribution in [0.2, 0.25) is 0 Å². The highest BCUT2D eigenvalue weighted by atomic mass is 32.1. The van der Waals surface area contributed by atoms with E-state index in [2.05, 4.69) is 35.0 Å². The Morgan fingerprint density at radius 1 is 1.22 bits per heavy atom. The van der Waals surface area contributed by atoms with E-state index in [1.807, 2.05) is 0 Å². The van der Waals surface area contributed by atoms with E-state index >= 15 is 0 Å². The third-order valence-corrected chi connectivity index (χ3v) is 4.21. The Hall–Kier alpha value is -0.900. The van der Waals surface area contributed by atoms with E-state index in [1.54, 1.807) is 11.3 Å². The van der Waals surface area contributed by atoms with Gasteiger partial charge in [-0.25, -0.2) is 0 Å². The summed E-state index contributed by atoms with van der Waals surface area (Å²) in [6.45, 7) is 2.65. The third-order valence-electron chi connectivity index (χ3n) is 3.31. The lowest BCUT2D eigenvalue weighted by Gasteiger charge is -2.05. The quantitative estimate of drug-likeness (QED) is 0.773. The van der Waals surface area contributed by atoms with Gasteiger partial charge in [0.2, 0.25) is 0 Å². The molecule has 1 aliphatic carbocycles. The Labute approximate surface area is 112 Å². The zero-order valence-electron chi connectivity index (χ0n) is 10.5. The van der Waals surface area contributed by atoms with Crippen LogP contribution in [0, 0.1) is 0 Å². The first kappa shape index (κ1) is 12.2. The maximum absolute atomic E-state index is 5.65. The van der Waals surface area contributed by atoms with Gasteiger partial charge in [0, 0.05) is 17.3 Å². The van der Waals surface area contributed by atoms with E-state index in [1.165, 1.54) is 28.5 Å². The highest BCUT2D eigenvalue weighted by molar-refractivity contribution is 7.17. The lowest BCUT2D eigenvalue weighted by atomic mass is 10.1. The van der Waals surface area contributed by atoms with E-state index in [0.717, 1.165) is 32.2 Å². The van der Waals surface area contributed by atoms with Gasteiger partial charge in [-0.2, -0.15) is 0 Å². The Bertz CT molecular complexity index is 504. The molecule has 0 atom stereocenters. The van der Waals surface area contributed by atoms with Crippen LogP contribution in [-0.4, -0.2) is 25.8 Å². The molecule has 18 heavy (non-hydrogen) atoms. The second kappa shape index (κ2) is 5.83. The predicted octanol–water partition coefficient (Wildman–Crippen LogP) is 3.21. The number of fused-ring (bicyclic) bond motifs is 1. The molecule has 0 saturated heterocycles. The number of benzene rings is 1. The zero-order chi connectivity index (χ0) is 12.2. The molecule has 0 unspecified atom stereocenters. The molecule has 1 aliphatic rings. The highest BCUT2D eigenvalue weighted by Gasteiger charge is 2.19. The fraction of sp³-hybridized carbons (Fsp3) is 0.467. The molecule has 3 rings (SSSR count). The van der Waals surface area contributed by atoms with E-state index in [4.69, 9.17) is 4.74 Å². The van der Waals surface area contributed by atoms with Crippen LogP contribution < -0.4 is 5.32 Å². The first-order valence-electron chi connectivity index (χ1n) is 6.69. The SMILES string of the molecule is c1cc2cc(CCOCCNC3CC3)ccc2s1. The topological polar surface area (TPSA) is 21.3 Å². The molecular weight excluding hydrogens is 242 g/mol. The van der Waals surface area contributed by atoms with Gasteiger partial charge in [-0.3, -0.25) is 0 Å². The second-order valence-electron chi connectivity index (χ2n) is 4.88. The van der Waals surface area contributed by atoms with Gasteiger partial charge in [0.05, 0.1) is 13.2 Å². The van der Waals surface area contributed by atoms with E-state index in [0.29, 0.717) is 0 Å². The van der Waals surface area contributed by atoms with Crippen molar-refractivity contribution in [2.75, 3.05) is 19.8 Å². The van der Waals surface area contributed by atoms with Crippen molar-refractivity contribution in [1.29, 1.82) is 0 Å². The molecule has 1 fully saturated rings. The number of hydrogen-bond donors (Lipinski definition) is 1. The first-order valence-corrected chi connectivity index (χ1v) is 7.57. The van der Waals surface area contributed by atoms with Crippen LogP contribution in [0.3, 0.4) is 0 Å². The van der Waals surface area contributed by atoms with Crippen molar-refractivity contribution in [3.8, 4) is 0 Å². The summed E-state index contributed by atoms with van der Waals surface area (Å²) >= 11 is 1.80. The number of ether oxygens (including phenoxy) is 1. The average Bonchev–Trinajstić information content (AvgIpc) is 3.09. The van der Waals surface area contributed by atoms with Crippen molar-refractivity contribution >= 4 is 21.4 Å². The van der Waals surface area contributed by atoms with Gasteiger partial charge >= 0.3 is 0 Å². The van der Waals surface area contributed by atoms with Gasteiger partial charge in [-0.15, -0.1) is 11.3 Å². The Balaban J connectivity index is 1.38. The fourth-order valence-corrected chi connectivity index (χ4v) is 2.86. The van der Waals surface area contributed by atoms with Gasteiger partial charge in [-0.05, 0) is 47.7 Å². The van der Waals surface area contributed by atoms with E-state index in [9.17, 15) is 0 Å². The first-order chi connectivity index (χ1) is 8.92. The maximum Gasteiger partial charge on any atom is 0.0591 e. The second-order valence-corrected chi connectivity index (χ2v) is 5.83. The number of hydrogen-bond acceptors (Lipinski definition) is 3. The maximum atomic E-state index is 5.65. The summed E-state index contributed by atoms with van der Waals surface area (Å²) in [7, 11) is 0. The Kier molecular flexibility index (Phi) is 3.93. The molecule has 2 nitrogen and oxygen atoms in total. The number of thiophene rings is 1. The summed E-state index contributed by atoms with van der Waals surface area (Å²) in [5.74, 6) is 0. The zero-order valence-corrected chi connectivity index (χ0v) is 11.3. The molecule has 0 aliphatic heterocycles. The van der Waals surface area contributed by atoms with Crippen LogP contribution in [0.15, 0.2) is 29.6 Å². The molecule has 3 heteroatoms. The van der Waals surface area contributed by atoms with Crippen LogP contribution in [0.4, 0.5) is 0 Å². The Morgan fingerprint density at radius 3 is 3.06 bits per heavy atom. The molecule has 1 saturated carbocycles. The average molecular weight is 261 g/mol. The Morgan fingerprint density at radius 2 is 2.17 bits per heavy atom. The lowest BCUT2D eigenvalue weighted by Crippen LogP contribution is -2.22. The van der Waals surface area contributed by atoms with Crippen LogP contribution in [0.25, 0.3) is 10.1 Å². The summed E-state index contributed by atoms with van der Waals surface area (Å²) < 4.78 is 7.02. The molecule has 0 radical (unpaired) electrons. The largest absolute Gasteiger partial charge is 0.380 e. The van der Waals surface area contributed by atoms with Crippen molar-refractivity contribution in [3.63, 3.8) is 0 Å². The smallest absolute Gasteiger partial charge is 0.0591 e. The summed E-state index contributed by atoms with van der Waals surface area (Å²) in [5.41, 5.74) is 1.37. The molecule has 1 heterocycles.